The van der Waals surface area contributed by atoms with Crippen LogP contribution in [0.1, 0.15) is 19.8 Å². The van der Waals surface area contributed by atoms with Crippen LogP contribution in [0.15, 0.2) is 0 Å². The zero-order valence-electron chi connectivity index (χ0n) is 10.3. The summed E-state index contributed by atoms with van der Waals surface area (Å²) in [5, 5.41) is 19.8. The number of hydrogen-bond acceptors (Lipinski definition) is 3. The van der Waals surface area contributed by atoms with E-state index < -0.39 is 31.1 Å². The van der Waals surface area contributed by atoms with Gasteiger partial charge in [0.2, 0.25) is 0 Å². The summed E-state index contributed by atoms with van der Waals surface area (Å²) in [6, 6.07) is -0.646. The summed E-state index contributed by atoms with van der Waals surface area (Å²) in [5.41, 5.74) is 0. The fourth-order valence-electron chi connectivity index (χ4n) is 1.72. The van der Waals surface area contributed by atoms with Crippen LogP contribution in [-0.2, 0) is 9.59 Å². The highest BCUT2D eigenvalue weighted by Gasteiger charge is 2.28. The number of aliphatic carboxylic acids is 2. The van der Waals surface area contributed by atoms with Gasteiger partial charge < -0.3 is 20.4 Å². The van der Waals surface area contributed by atoms with Crippen LogP contribution in [0, 0.1) is 11.8 Å². The van der Waals surface area contributed by atoms with Gasteiger partial charge in [-0.05, 0) is 24.7 Å². The van der Waals surface area contributed by atoms with Crippen LogP contribution in [0.2, 0.25) is 0 Å². The van der Waals surface area contributed by atoms with E-state index in [1.807, 2.05) is 6.92 Å². The summed E-state index contributed by atoms with van der Waals surface area (Å²) in [4.78, 5) is 33.5. The Labute approximate surface area is 105 Å². The van der Waals surface area contributed by atoms with E-state index in [-0.39, 0.29) is 0 Å². The summed E-state index contributed by atoms with van der Waals surface area (Å²) in [7, 11) is 0. The zero-order valence-corrected chi connectivity index (χ0v) is 10.3. The fourth-order valence-corrected chi connectivity index (χ4v) is 1.72. The quantitative estimate of drug-likeness (QED) is 0.605. The molecule has 1 fully saturated rings. The van der Waals surface area contributed by atoms with E-state index in [0.29, 0.717) is 18.4 Å². The van der Waals surface area contributed by atoms with Crippen LogP contribution in [0.5, 0.6) is 0 Å². The van der Waals surface area contributed by atoms with Crippen molar-refractivity contribution in [3.63, 3.8) is 0 Å². The molecule has 0 aromatic rings. The normalized spacial score (nSPS) is 15.8. The van der Waals surface area contributed by atoms with Crippen molar-refractivity contribution in [2.24, 2.45) is 11.8 Å². The smallest absolute Gasteiger partial charge is 0.323 e. The van der Waals surface area contributed by atoms with E-state index in [2.05, 4.69) is 5.32 Å². The molecule has 1 saturated carbocycles. The first-order chi connectivity index (χ1) is 8.40. The molecule has 0 bridgehead atoms. The van der Waals surface area contributed by atoms with Gasteiger partial charge in [0.1, 0.15) is 13.1 Å². The first-order valence-electron chi connectivity index (χ1n) is 5.86. The molecule has 0 aromatic carbocycles. The second-order valence-corrected chi connectivity index (χ2v) is 4.64. The topological polar surface area (TPSA) is 107 Å². The molecule has 0 spiro atoms. The van der Waals surface area contributed by atoms with Gasteiger partial charge in [-0.2, -0.15) is 0 Å². The van der Waals surface area contributed by atoms with Gasteiger partial charge >= 0.3 is 18.0 Å². The van der Waals surface area contributed by atoms with Crippen LogP contribution in [-0.4, -0.2) is 52.7 Å². The molecule has 1 aliphatic carbocycles. The number of carboxylic acids is 2. The third-order valence-electron chi connectivity index (χ3n) is 2.94. The lowest BCUT2D eigenvalue weighted by Gasteiger charge is -2.20. The summed E-state index contributed by atoms with van der Waals surface area (Å²) in [6.07, 6.45) is 2.32. The Kier molecular flexibility index (Phi) is 4.94. The number of urea groups is 1. The molecule has 7 heteroatoms. The minimum atomic E-state index is -1.23. The molecule has 0 heterocycles. The Bertz CT molecular complexity index is 324. The number of carbonyl (C=O) groups excluding carboxylic acids is 1. The molecule has 1 aliphatic rings. The van der Waals surface area contributed by atoms with E-state index in [0.717, 1.165) is 17.7 Å². The minimum Gasteiger partial charge on any atom is -0.480 e. The number of nitrogens with zero attached hydrogens (tertiary/aromatic N) is 1. The third-order valence-corrected chi connectivity index (χ3v) is 2.94. The third kappa shape index (κ3) is 5.03. The highest BCUT2D eigenvalue weighted by Crippen LogP contribution is 2.36. The van der Waals surface area contributed by atoms with E-state index in [1.54, 1.807) is 0 Å². The molecule has 0 aromatic heterocycles. The Morgan fingerprint density at radius 1 is 1.22 bits per heavy atom. The molecular weight excluding hydrogens is 240 g/mol. The molecule has 102 valence electrons. The number of rotatable bonds is 7. The standard InChI is InChI=1S/C11H18N2O5/c1-7(8-2-3-8)4-12-11(18)13(5-9(14)15)6-10(16)17/h7-8H,2-6H2,1H3,(H,12,18)(H,14,15)(H,16,17). The first-order valence-corrected chi connectivity index (χ1v) is 5.86. The Balaban J connectivity index is 2.41. The van der Waals surface area contributed by atoms with Gasteiger partial charge in [-0.1, -0.05) is 6.92 Å². The lowest BCUT2D eigenvalue weighted by molar-refractivity contribution is -0.140. The summed E-state index contributed by atoms with van der Waals surface area (Å²) < 4.78 is 0. The minimum absolute atomic E-state index is 0.338. The van der Waals surface area contributed by atoms with Crippen LogP contribution in [0.3, 0.4) is 0 Å². The molecule has 2 amide bonds. The van der Waals surface area contributed by atoms with E-state index in [4.69, 9.17) is 10.2 Å². The van der Waals surface area contributed by atoms with E-state index in [1.165, 1.54) is 0 Å². The number of carboxylic acid groups (broad SMARTS) is 2. The van der Waals surface area contributed by atoms with E-state index >= 15 is 0 Å². The van der Waals surface area contributed by atoms with Crippen molar-refractivity contribution in [2.45, 2.75) is 19.8 Å². The van der Waals surface area contributed by atoms with Crippen molar-refractivity contribution in [2.75, 3.05) is 19.6 Å². The SMILES string of the molecule is CC(CNC(=O)N(CC(=O)O)CC(=O)O)C1CC1. The van der Waals surface area contributed by atoms with Crippen molar-refractivity contribution in [1.82, 2.24) is 10.2 Å². The van der Waals surface area contributed by atoms with Crippen molar-refractivity contribution in [3.05, 3.63) is 0 Å². The van der Waals surface area contributed by atoms with Gasteiger partial charge in [0.05, 0.1) is 0 Å². The summed E-state index contributed by atoms with van der Waals surface area (Å²) in [6.45, 7) is 1.22. The van der Waals surface area contributed by atoms with Gasteiger partial charge in [0.15, 0.2) is 0 Å². The molecule has 1 unspecified atom stereocenters. The van der Waals surface area contributed by atoms with Gasteiger partial charge in [-0.15, -0.1) is 0 Å². The largest absolute Gasteiger partial charge is 0.480 e. The van der Waals surface area contributed by atoms with Crippen molar-refractivity contribution >= 4 is 18.0 Å². The van der Waals surface area contributed by atoms with Gasteiger partial charge in [0, 0.05) is 6.54 Å². The average molecular weight is 258 g/mol. The number of amides is 2. The molecule has 0 saturated heterocycles. The predicted molar refractivity (Wildman–Crippen MR) is 62.1 cm³/mol. The monoisotopic (exact) mass is 258 g/mol. The second-order valence-electron chi connectivity index (χ2n) is 4.64. The lowest BCUT2D eigenvalue weighted by Crippen LogP contribution is -2.46. The second kappa shape index (κ2) is 6.23. The molecule has 0 aliphatic heterocycles. The molecule has 7 nitrogen and oxygen atoms in total. The van der Waals surface area contributed by atoms with Crippen molar-refractivity contribution < 1.29 is 24.6 Å². The highest BCUT2D eigenvalue weighted by atomic mass is 16.4. The fraction of sp³-hybridized carbons (Fsp3) is 0.727. The number of nitrogens with one attached hydrogen (secondary N) is 1. The lowest BCUT2D eigenvalue weighted by atomic mass is 10.1. The van der Waals surface area contributed by atoms with Gasteiger partial charge in [-0.25, -0.2) is 4.79 Å². The van der Waals surface area contributed by atoms with E-state index in [9.17, 15) is 14.4 Å². The number of carbonyl (C=O) groups is 3. The molecule has 3 N–H and O–H groups in total. The first kappa shape index (κ1) is 14.3. The van der Waals surface area contributed by atoms with Crippen molar-refractivity contribution in [1.29, 1.82) is 0 Å². The van der Waals surface area contributed by atoms with Gasteiger partial charge in [-0.3, -0.25) is 9.59 Å². The van der Waals surface area contributed by atoms with Crippen LogP contribution < -0.4 is 5.32 Å². The van der Waals surface area contributed by atoms with Crippen LogP contribution >= 0.6 is 0 Å². The van der Waals surface area contributed by atoms with Crippen LogP contribution in [0.25, 0.3) is 0 Å². The molecule has 18 heavy (non-hydrogen) atoms. The zero-order chi connectivity index (χ0) is 13.7. The maximum atomic E-state index is 11.6. The maximum Gasteiger partial charge on any atom is 0.323 e. The van der Waals surface area contributed by atoms with Crippen LogP contribution in [0.4, 0.5) is 4.79 Å². The summed E-state index contributed by atoms with van der Waals surface area (Å²) >= 11 is 0. The summed E-state index contributed by atoms with van der Waals surface area (Å²) in [5.74, 6) is -1.51. The molecule has 0 radical (unpaired) electrons. The van der Waals surface area contributed by atoms with Gasteiger partial charge in [0.25, 0.3) is 0 Å². The average Bonchev–Trinajstić information content (AvgIpc) is 3.06. The maximum absolute atomic E-state index is 11.6. The molecule has 1 atom stereocenters. The highest BCUT2D eigenvalue weighted by molar-refractivity contribution is 5.84. The Morgan fingerprint density at radius 3 is 2.11 bits per heavy atom. The van der Waals surface area contributed by atoms with Crippen molar-refractivity contribution in [3.8, 4) is 0 Å². The molecular formula is C11H18N2O5. The number of hydrogen-bond donors (Lipinski definition) is 3. The Morgan fingerprint density at radius 2 is 1.72 bits per heavy atom. The molecule has 1 rings (SSSR count). The Hall–Kier alpha value is -1.79. The predicted octanol–water partition coefficient (Wildman–Crippen LogP) is 0.213.